The molecule has 0 saturated heterocycles. The molecule has 5 heteroatoms. The molecule has 20 heavy (non-hydrogen) atoms. The summed E-state index contributed by atoms with van der Waals surface area (Å²) in [7, 11) is 0. The first-order valence-electron chi connectivity index (χ1n) is 6.37. The molecule has 0 aliphatic rings. The van der Waals surface area contributed by atoms with Gasteiger partial charge < -0.3 is 10.7 Å². The Morgan fingerprint density at radius 3 is 2.70 bits per heavy atom. The van der Waals surface area contributed by atoms with Gasteiger partial charge in [-0.25, -0.2) is 0 Å². The number of nitrogens with one attached hydrogen (secondary N) is 2. The number of amides is 1. The van der Waals surface area contributed by atoms with Crippen LogP contribution in [-0.4, -0.2) is 10.9 Å². The Balaban J connectivity index is 2.07. The Morgan fingerprint density at radius 2 is 2.05 bits per heavy atom. The summed E-state index contributed by atoms with van der Waals surface area (Å²) in [5.74, 6) is 5.27. The number of carbonyl (C=O) groups is 1. The zero-order chi connectivity index (χ0) is 14.5. The number of aryl methyl sites for hydroxylation is 2. The van der Waals surface area contributed by atoms with Crippen molar-refractivity contribution in [2.24, 2.45) is 5.84 Å². The number of nitrogen functional groups attached to an aromatic ring is 1. The van der Waals surface area contributed by atoms with Crippen LogP contribution in [-0.2, 0) is 6.54 Å². The lowest BCUT2D eigenvalue weighted by atomic mass is 10.1. The predicted octanol–water partition coefficient (Wildman–Crippen LogP) is 1.91. The van der Waals surface area contributed by atoms with Gasteiger partial charge in [0.2, 0.25) is 0 Å². The standard InChI is InChI=1S/C15H18N4O/c1-10-3-6-13(14(7-10)19-16)15(20)18-9-12-5-4-11(2)17-8-12/h3-8,19H,9,16H2,1-2H3,(H,18,20). The van der Waals surface area contributed by atoms with Crippen LogP contribution in [0.25, 0.3) is 0 Å². The lowest BCUT2D eigenvalue weighted by Gasteiger charge is -2.10. The van der Waals surface area contributed by atoms with E-state index in [1.807, 2.05) is 38.1 Å². The number of nitrogens with zero attached hydrogens (tertiary/aromatic N) is 1. The number of aromatic nitrogens is 1. The highest BCUT2D eigenvalue weighted by Gasteiger charge is 2.10. The summed E-state index contributed by atoms with van der Waals surface area (Å²) in [4.78, 5) is 16.3. The smallest absolute Gasteiger partial charge is 0.253 e. The van der Waals surface area contributed by atoms with Gasteiger partial charge in [0.15, 0.2) is 0 Å². The van der Waals surface area contributed by atoms with E-state index >= 15 is 0 Å². The largest absolute Gasteiger partial charge is 0.348 e. The SMILES string of the molecule is Cc1ccc(C(=O)NCc2ccc(C)nc2)c(NN)c1. The van der Waals surface area contributed by atoms with Crippen molar-refractivity contribution < 1.29 is 4.79 Å². The van der Waals surface area contributed by atoms with Gasteiger partial charge in [0, 0.05) is 18.4 Å². The highest BCUT2D eigenvalue weighted by atomic mass is 16.1. The van der Waals surface area contributed by atoms with Crippen molar-refractivity contribution in [2.75, 3.05) is 5.43 Å². The van der Waals surface area contributed by atoms with Crippen LogP contribution >= 0.6 is 0 Å². The molecule has 2 rings (SSSR count). The van der Waals surface area contributed by atoms with Gasteiger partial charge in [-0.2, -0.15) is 0 Å². The highest BCUT2D eigenvalue weighted by Crippen LogP contribution is 2.16. The van der Waals surface area contributed by atoms with Gasteiger partial charge in [-0.15, -0.1) is 0 Å². The number of pyridine rings is 1. The number of nitrogens with two attached hydrogens (primary N) is 1. The summed E-state index contributed by atoms with van der Waals surface area (Å²) >= 11 is 0. The molecule has 1 aromatic carbocycles. The number of hydrazine groups is 1. The molecule has 5 nitrogen and oxygen atoms in total. The molecule has 104 valence electrons. The fraction of sp³-hybridized carbons (Fsp3) is 0.200. The molecule has 0 fully saturated rings. The van der Waals surface area contributed by atoms with Crippen LogP contribution in [0, 0.1) is 13.8 Å². The Kier molecular flexibility index (Phi) is 4.32. The maximum atomic E-state index is 12.1. The van der Waals surface area contributed by atoms with Crippen molar-refractivity contribution >= 4 is 11.6 Å². The van der Waals surface area contributed by atoms with E-state index < -0.39 is 0 Å². The maximum Gasteiger partial charge on any atom is 0.253 e. The van der Waals surface area contributed by atoms with Gasteiger partial charge in [0.25, 0.3) is 5.91 Å². The van der Waals surface area contributed by atoms with E-state index in [1.54, 1.807) is 12.3 Å². The van der Waals surface area contributed by atoms with Crippen molar-refractivity contribution in [1.29, 1.82) is 0 Å². The van der Waals surface area contributed by atoms with E-state index in [2.05, 4.69) is 15.7 Å². The molecule has 0 bridgehead atoms. The van der Waals surface area contributed by atoms with Gasteiger partial charge in [-0.3, -0.25) is 15.6 Å². The van der Waals surface area contributed by atoms with E-state index in [1.165, 1.54) is 0 Å². The van der Waals surface area contributed by atoms with Crippen LogP contribution in [0.5, 0.6) is 0 Å². The zero-order valence-electron chi connectivity index (χ0n) is 11.6. The summed E-state index contributed by atoms with van der Waals surface area (Å²) in [6, 6.07) is 9.33. The quantitative estimate of drug-likeness (QED) is 0.585. The third-order valence-corrected chi connectivity index (χ3v) is 3.00. The fourth-order valence-electron chi connectivity index (χ4n) is 1.86. The first-order valence-corrected chi connectivity index (χ1v) is 6.37. The molecule has 0 aliphatic heterocycles. The zero-order valence-corrected chi connectivity index (χ0v) is 11.6. The third kappa shape index (κ3) is 3.33. The van der Waals surface area contributed by atoms with Crippen molar-refractivity contribution in [2.45, 2.75) is 20.4 Å². The molecular weight excluding hydrogens is 252 g/mol. The second-order valence-electron chi connectivity index (χ2n) is 4.68. The Hall–Kier alpha value is -2.40. The van der Waals surface area contributed by atoms with Crippen LogP contribution in [0.4, 0.5) is 5.69 Å². The molecule has 0 saturated carbocycles. The highest BCUT2D eigenvalue weighted by molar-refractivity contribution is 5.99. The number of carbonyl (C=O) groups excluding carboxylic acids is 1. The average Bonchev–Trinajstić information content (AvgIpc) is 2.46. The second-order valence-corrected chi connectivity index (χ2v) is 4.68. The molecule has 0 aliphatic carbocycles. The van der Waals surface area contributed by atoms with Crippen LogP contribution in [0.3, 0.4) is 0 Å². The summed E-state index contributed by atoms with van der Waals surface area (Å²) < 4.78 is 0. The third-order valence-electron chi connectivity index (χ3n) is 3.00. The number of rotatable bonds is 4. The summed E-state index contributed by atoms with van der Waals surface area (Å²) in [6.07, 6.45) is 1.76. The van der Waals surface area contributed by atoms with Crippen LogP contribution in [0.2, 0.25) is 0 Å². The topological polar surface area (TPSA) is 80.0 Å². The minimum atomic E-state index is -0.168. The van der Waals surface area contributed by atoms with Crippen LogP contribution in [0.15, 0.2) is 36.5 Å². The van der Waals surface area contributed by atoms with Gasteiger partial charge >= 0.3 is 0 Å². The van der Waals surface area contributed by atoms with E-state index in [0.29, 0.717) is 17.8 Å². The first kappa shape index (κ1) is 14.0. The average molecular weight is 270 g/mol. The van der Waals surface area contributed by atoms with E-state index in [9.17, 15) is 4.79 Å². The van der Waals surface area contributed by atoms with Gasteiger partial charge in [-0.05, 0) is 43.2 Å². The first-order chi connectivity index (χ1) is 9.60. The fourth-order valence-corrected chi connectivity index (χ4v) is 1.86. The van der Waals surface area contributed by atoms with Gasteiger partial charge in [0.1, 0.15) is 0 Å². The normalized spacial score (nSPS) is 10.2. The van der Waals surface area contributed by atoms with E-state index in [0.717, 1.165) is 16.8 Å². The number of hydrogen-bond donors (Lipinski definition) is 3. The van der Waals surface area contributed by atoms with Crippen molar-refractivity contribution in [3.8, 4) is 0 Å². The summed E-state index contributed by atoms with van der Waals surface area (Å²) in [6.45, 7) is 4.30. The minimum Gasteiger partial charge on any atom is -0.348 e. The molecule has 2 aromatic rings. The molecular formula is C15H18N4O. The van der Waals surface area contributed by atoms with E-state index in [-0.39, 0.29) is 5.91 Å². The van der Waals surface area contributed by atoms with Crippen molar-refractivity contribution in [3.63, 3.8) is 0 Å². The lowest BCUT2D eigenvalue weighted by Crippen LogP contribution is -2.25. The number of hydrogen-bond acceptors (Lipinski definition) is 4. The Morgan fingerprint density at radius 1 is 1.25 bits per heavy atom. The number of anilines is 1. The Bertz CT molecular complexity index is 608. The summed E-state index contributed by atoms with van der Waals surface area (Å²) in [5.41, 5.74) is 6.64. The molecule has 0 radical (unpaired) electrons. The summed E-state index contributed by atoms with van der Waals surface area (Å²) in [5, 5.41) is 2.85. The molecule has 4 N–H and O–H groups in total. The maximum absolute atomic E-state index is 12.1. The molecule has 0 atom stereocenters. The number of benzene rings is 1. The minimum absolute atomic E-state index is 0.168. The Labute approximate surface area is 118 Å². The van der Waals surface area contributed by atoms with Crippen LogP contribution < -0.4 is 16.6 Å². The molecule has 0 spiro atoms. The van der Waals surface area contributed by atoms with Crippen LogP contribution in [0.1, 0.15) is 27.2 Å². The van der Waals surface area contributed by atoms with Crippen molar-refractivity contribution in [3.05, 3.63) is 58.9 Å². The monoisotopic (exact) mass is 270 g/mol. The second kappa shape index (κ2) is 6.16. The van der Waals surface area contributed by atoms with Crippen molar-refractivity contribution in [1.82, 2.24) is 10.3 Å². The van der Waals surface area contributed by atoms with Gasteiger partial charge in [0.05, 0.1) is 11.3 Å². The molecule has 1 amide bonds. The molecule has 1 aromatic heterocycles. The predicted molar refractivity (Wildman–Crippen MR) is 79.1 cm³/mol. The van der Waals surface area contributed by atoms with E-state index in [4.69, 9.17) is 5.84 Å². The molecule has 1 heterocycles. The molecule has 0 unspecified atom stereocenters. The lowest BCUT2D eigenvalue weighted by molar-refractivity contribution is 0.0951. The van der Waals surface area contributed by atoms with Gasteiger partial charge in [-0.1, -0.05) is 12.1 Å².